The van der Waals surface area contributed by atoms with E-state index in [0.29, 0.717) is 6.04 Å². The fourth-order valence-corrected chi connectivity index (χ4v) is 2.22. The molecule has 0 spiro atoms. The zero-order valence-electron chi connectivity index (χ0n) is 7.84. The number of rotatable bonds is 2. The lowest BCUT2D eigenvalue weighted by molar-refractivity contribution is 0.232. The molecule has 66 valence electrons. The van der Waals surface area contributed by atoms with E-state index < -0.39 is 0 Å². The molecule has 1 heteroatoms. The summed E-state index contributed by atoms with van der Waals surface area (Å²) in [5.74, 6) is 1.85. The van der Waals surface area contributed by atoms with Crippen molar-refractivity contribution >= 4 is 0 Å². The van der Waals surface area contributed by atoms with Gasteiger partial charge in [-0.3, -0.25) is 0 Å². The van der Waals surface area contributed by atoms with Crippen LogP contribution in [0.4, 0.5) is 0 Å². The van der Waals surface area contributed by atoms with Crippen LogP contribution in [0.15, 0.2) is 0 Å². The molecule has 1 nitrogen and oxygen atoms in total. The van der Waals surface area contributed by atoms with Gasteiger partial charge in [0.25, 0.3) is 0 Å². The van der Waals surface area contributed by atoms with Crippen LogP contribution in [0.3, 0.4) is 0 Å². The van der Waals surface area contributed by atoms with Gasteiger partial charge in [0.15, 0.2) is 0 Å². The first-order valence-corrected chi connectivity index (χ1v) is 4.95. The Morgan fingerprint density at radius 1 is 1.36 bits per heavy atom. The van der Waals surface area contributed by atoms with Crippen molar-refractivity contribution in [1.82, 2.24) is 0 Å². The molecule has 1 rings (SSSR count). The maximum Gasteiger partial charge on any atom is 0.00132 e. The van der Waals surface area contributed by atoms with E-state index >= 15 is 0 Å². The molecule has 1 fully saturated rings. The molecule has 0 saturated heterocycles. The molecule has 0 aromatic carbocycles. The Bertz CT molecular complexity index is 109. The number of nitrogens with two attached hydrogens (primary N) is 1. The van der Waals surface area contributed by atoms with Gasteiger partial charge >= 0.3 is 0 Å². The van der Waals surface area contributed by atoms with Gasteiger partial charge in [-0.15, -0.1) is 0 Å². The van der Waals surface area contributed by atoms with Gasteiger partial charge in [0, 0.05) is 6.04 Å². The van der Waals surface area contributed by atoms with Crippen LogP contribution >= 0.6 is 0 Å². The minimum absolute atomic E-state index is 0.403. The summed E-state index contributed by atoms with van der Waals surface area (Å²) in [6, 6.07) is 0.403. The molecule has 1 aliphatic rings. The fraction of sp³-hybridized carbons (Fsp3) is 1.00. The topological polar surface area (TPSA) is 26.0 Å². The van der Waals surface area contributed by atoms with Gasteiger partial charge in [0.1, 0.15) is 0 Å². The summed E-state index contributed by atoms with van der Waals surface area (Å²) in [6.07, 6.45) is 6.96. The van der Waals surface area contributed by atoms with Gasteiger partial charge in [-0.05, 0) is 25.2 Å². The first kappa shape index (κ1) is 9.05. The highest BCUT2D eigenvalue weighted by Gasteiger charge is 2.21. The van der Waals surface area contributed by atoms with Crippen LogP contribution in [0.25, 0.3) is 0 Å². The summed E-state index contributed by atoms with van der Waals surface area (Å²) in [5.41, 5.74) is 5.79. The summed E-state index contributed by atoms with van der Waals surface area (Å²) < 4.78 is 0. The highest BCUT2D eigenvalue weighted by Crippen LogP contribution is 2.32. The third kappa shape index (κ3) is 2.82. The molecule has 0 radical (unpaired) electrons. The lowest BCUT2D eigenvalue weighted by Gasteiger charge is -2.29. The Kier molecular flexibility index (Phi) is 3.38. The van der Waals surface area contributed by atoms with Crippen molar-refractivity contribution in [2.24, 2.45) is 17.6 Å². The Morgan fingerprint density at radius 2 is 2.00 bits per heavy atom. The second-order valence-electron chi connectivity index (χ2n) is 4.23. The lowest BCUT2D eigenvalue weighted by atomic mass is 9.77. The van der Waals surface area contributed by atoms with Gasteiger partial charge in [-0.25, -0.2) is 0 Å². The van der Waals surface area contributed by atoms with E-state index in [0.717, 1.165) is 11.8 Å². The van der Waals surface area contributed by atoms with Crippen LogP contribution in [-0.4, -0.2) is 6.04 Å². The van der Waals surface area contributed by atoms with Gasteiger partial charge in [-0.1, -0.05) is 32.6 Å². The first-order chi connectivity index (χ1) is 5.20. The molecule has 11 heavy (non-hydrogen) atoms. The van der Waals surface area contributed by atoms with Crippen LogP contribution in [-0.2, 0) is 0 Å². The molecule has 0 aromatic rings. The first-order valence-electron chi connectivity index (χ1n) is 4.95. The molecule has 1 aliphatic carbocycles. The second kappa shape index (κ2) is 4.10. The average Bonchev–Trinajstić information content (AvgIpc) is 1.93. The summed E-state index contributed by atoms with van der Waals surface area (Å²) >= 11 is 0. The van der Waals surface area contributed by atoms with Crippen LogP contribution in [0.1, 0.15) is 46.0 Å². The predicted molar refractivity (Wildman–Crippen MR) is 49.4 cm³/mol. The predicted octanol–water partition coefficient (Wildman–Crippen LogP) is 2.55. The van der Waals surface area contributed by atoms with Gasteiger partial charge in [-0.2, -0.15) is 0 Å². The Balaban J connectivity index is 2.29. The van der Waals surface area contributed by atoms with Crippen molar-refractivity contribution in [3.8, 4) is 0 Å². The van der Waals surface area contributed by atoms with E-state index in [1.165, 1.54) is 32.1 Å². The number of hydrogen-bond acceptors (Lipinski definition) is 1. The third-order valence-electron chi connectivity index (χ3n) is 2.96. The Morgan fingerprint density at radius 3 is 2.55 bits per heavy atom. The maximum absolute atomic E-state index is 5.79. The van der Waals surface area contributed by atoms with Crippen molar-refractivity contribution in [3.63, 3.8) is 0 Å². The molecular formula is C10H21N. The summed E-state index contributed by atoms with van der Waals surface area (Å²) in [6.45, 7) is 4.51. The van der Waals surface area contributed by atoms with Crippen LogP contribution < -0.4 is 5.73 Å². The summed E-state index contributed by atoms with van der Waals surface area (Å²) in [4.78, 5) is 0. The summed E-state index contributed by atoms with van der Waals surface area (Å²) in [7, 11) is 0. The molecule has 0 heterocycles. The third-order valence-corrected chi connectivity index (χ3v) is 2.96. The Labute approximate surface area is 70.4 Å². The Hall–Kier alpha value is -0.0400. The SMILES string of the molecule is CC1CCCCC1C[C@H](C)N. The highest BCUT2D eigenvalue weighted by molar-refractivity contribution is 4.74. The molecule has 1 saturated carbocycles. The zero-order valence-corrected chi connectivity index (χ0v) is 7.84. The lowest BCUT2D eigenvalue weighted by Crippen LogP contribution is -2.25. The van der Waals surface area contributed by atoms with E-state index in [-0.39, 0.29) is 0 Å². The molecule has 0 aromatic heterocycles. The fourth-order valence-electron chi connectivity index (χ4n) is 2.22. The van der Waals surface area contributed by atoms with E-state index in [1.807, 2.05) is 0 Å². The molecule has 2 N–H and O–H groups in total. The van der Waals surface area contributed by atoms with E-state index in [2.05, 4.69) is 13.8 Å². The van der Waals surface area contributed by atoms with Crippen molar-refractivity contribution in [1.29, 1.82) is 0 Å². The molecule has 0 aliphatic heterocycles. The minimum Gasteiger partial charge on any atom is -0.328 e. The van der Waals surface area contributed by atoms with Gasteiger partial charge < -0.3 is 5.73 Å². The van der Waals surface area contributed by atoms with Crippen LogP contribution in [0, 0.1) is 11.8 Å². The van der Waals surface area contributed by atoms with E-state index in [4.69, 9.17) is 5.73 Å². The van der Waals surface area contributed by atoms with Crippen LogP contribution in [0.5, 0.6) is 0 Å². The smallest absolute Gasteiger partial charge is 0.00132 e. The van der Waals surface area contributed by atoms with Gasteiger partial charge in [0.05, 0.1) is 0 Å². The van der Waals surface area contributed by atoms with E-state index in [1.54, 1.807) is 0 Å². The molecular weight excluding hydrogens is 134 g/mol. The van der Waals surface area contributed by atoms with Crippen molar-refractivity contribution in [2.45, 2.75) is 52.0 Å². The maximum atomic E-state index is 5.79. The monoisotopic (exact) mass is 155 g/mol. The quantitative estimate of drug-likeness (QED) is 0.651. The van der Waals surface area contributed by atoms with E-state index in [9.17, 15) is 0 Å². The molecule has 0 bridgehead atoms. The van der Waals surface area contributed by atoms with Crippen molar-refractivity contribution in [3.05, 3.63) is 0 Å². The second-order valence-corrected chi connectivity index (χ2v) is 4.23. The number of hydrogen-bond donors (Lipinski definition) is 1. The van der Waals surface area contributed by atoms with Crippen molar-refractivity contribution in [2.75, 3.05) is 0 Å². The van der Waals surface area contributed by atoms with Crippen LogP contribution in [0.2, 0.25) is 0 Å². The van der Waals surface area contributed by atoms with Crippen molar-refractivity contribution < 1.29 is 0 Å². The normalized spacial score (nSPS) is 35.2. The molecule has 0 amide bonds. The van der Waals surface area contributed by atoms with Gasteiger partial charge in [0.2, 0.25) is 0 Å². The average molecular weight is 155 g/mol. The minimum atomic E-state index is 0.403. The standard InChI is InChI=1S/C10H21N/c1-8-5-3-4-6-10(8)7-9(2)11/h8-10H,3-7,11H2,1-2H3/t8?,9-,10?/m0/s1. The molecule has 3 atom stereocenters. The largest absolute Gasteiger partial charge is 0.328 e. The zero-order chi connectivity index (χ0) is 8.27. The molecule has 2 unspecified atom stereocenters. The summed E-state index contributed by atoms with van der Waals surface area (Å²) in [5, 5.41) is 0. The highest BCUT2D eigenvalue weighted by atomic mass is 14.6.